The van der Waals surface area contributed by atoms with Crippen LogP contribution in [0.4, 0.5) is 0 Å². The van der Waals surface area contributed by atoms with Gasteiger partial charge in [-0.1, -0.05) is 31.2 Å². The lowest BCUT2D eigenvalue weighted by atomic mass is 9.76. The Labute approximate surface area is 210 Å². The van der Waals surface area contributed by atoms with Gasteiger partial charge in [0.15, 0.2) is 17.0 Å². The minimum absolute atomic E-state index is 0.0177. The minimum Gasteiger partial charge on any atom is -0.493 e. The molecule has 0 spiro atoms. The van der Waals surface area contributed by atoms with Gasteiger partial charge in [0.2, 0.25) is 5.91 Å². The van der Waals surface area contributed by atoms with Crippen LogP contribution >= 0.6 is 0 Å². The number of nitrogens with zero attached hydrogens (tertiary/aromatic N) is 2. The number of ether oxygens (including phenoxy) is 2. The molecule has 190 valence electrons. The molecule has 0 saturated carbocycles. The number of carbonyl (C=O) groups excluding carboxylic acids is 2. The maximum Gasteiger partial charge on any atom is 0.254 e. The number of H-pyrrole nitrogens is 1. The summed E-state index contributed by atoms with van der Waals surface area (Å²) >= 11 is 0. The quantitative estimate of drug-likeness (QED) is 0.504. The number of benzene rings is 2. The van der Waals surface area contributed by atoms with Gasteiger partial charge in [0.05, 0.1) is 26.0 Å². The highest BCUT2D eigenvalue weighted by molar-refractivity contribution is 6.01. The fourth-order valence-electron chi connectivity index (χ4n) is 5.65. The number of aromatic nitrogens is 1. The molecule has 0 unspecified atom stereocenters. The summed E-state index contributed by atoms with van der Waals surface area (Å²) in [6.07, 6.45) is 1.33. The van der Waals surface area contributed by atoms with Crippen molar-refractivity contribution in [1.82, 2.24) is 14.8 Å². The van der Waals surface area contributed by atoms with Gasteiger partial charge in [-0.25, -0.2) is 0 Å². The summed E-state index contributed by atoms with van der Waals surface area (Å²) in [6, 6.07) is 13.9. The summed E-state index contributed by atoms with van der Waals surface area (Å²) in [5.41, 5.74) is 2.55. The number of rotatable bonds is 8. The van der Waals surface area contributed by atoms with E-state index in [1.807, 2.05) is 43.3 Å². The van der Waals surface area contributed by atoms with Crippen LogP contribution in [0.5, 0.6) is 11.5 Å². The monoisotopic (exact) mass is 491 g/mol. The molecule has 3 heterocycles. The fourth-order valence-corrected chi connectivity index (χ4v) is 5.65. The standard InChI is InChI=1S/C28H33N3O5/c1-4-14-36-22-11-10-18(15-23(22)35-3)20-16-31-24(33)17-30(12-7-13-32)27(34)28(31,2)26-25(20)19-8-5-6-9-21(19)29-26/h5-6,8-11,15,20,29,32H,4,7,12-14,16-17H2,1-3H3/t20-,28-/m0/s1. The molecule has 2 aliphatic heterocycles. The Hall–Kier alpha value is -3.52. The van der Waals surface area contributed by atoms with Crippen molar-refractivity contribution in [3.05, 3.63) is 59.3 Å². The second kappa shape index (κ2) is 9.50. The Bertz CT molecular complexity index is 1300. The molecule has 2 aromatic carbocycles. The van der Waals surface area contributed by atoms with E-state index < -0.39 is 5.54 Å². The summed E-state index contributed by atoms with van der Waals surface area (Å²) < 4.78 is 11.5. The number of hydrogen-bond donors (Lipinski definition) is 2. The molecular formula is C28H33N3O5. The van der Waals surface area contributed by atoms with Gasteiger partial charge >= 0.3 is 0 Å². The summed E-state index contributed by atoms with van der Waals surface area (Å²) in [5, 5.41) is 10.3. The average Bonchev–Trinajstić information content (AvgIpc) is 3.29. The normalized spacial score (nSPS) is 21.5. The highest BCUT2D eigenvalue weighted by Gasteiger charge is 2.56. The van der Waals surface area contributed by atoms with Crippen molar-refractivity contribution in [2.45, 2.75) is 38.1 Å². The van der Waals surface area contributed by atoms with Crippen LogP contribution < -0.4 is 9.47 Å². The molecule has 1 saturated heterocycles. The number of aromatic amines is 1. The Morgan fingerprint density at radius 2 is 1.97 bits per heavy atom. The predicted octanol–water partition coefficient (Wildman–Crippen LogP) is 3.38. The smallest absolute Gasteiger partial charge is 0.254 e. The van der Waals surface area contributed by atoms with Crippen LogP contribution in [0.15, 0.2) is 42.5 Å². The summed E-state index contributed by atoms with van der Waals surface area (Å²) in [7, 11) is 1.63. The van der Waals surface area contributed by atoms with Gasteiger partial charge in [0.25, 0.3) is 5.91 Å². The van der Waals surface area contributed by atoms with E-state index in [4.69, 9.17) is 9.47 Å². The molecule has 2 N–H and O–H groups in total. The van der Waals surface area contributed by atoms with E-state index in [1.165, 1.54) is 0 Å². The zero-order valence-corrected chi connectivity index (χ0v) is 21.0. The van der Waals surface area contributed by atoms with Crippen LogP contribution in [0.1, 0.15) is 49.4 Å². The fraction of sp³-hybridized carbons (Fsp3) is 0.429. The first kappa shape index (κ1) is 24.2. The summed E-state index contributed by atoms with van der Waals surface area (Å²) in [4.78, 5) is 34.1. The largest absolute Gasteiger partial charge is 0.493 e. The van der Waals surface area contributed by atoms with E-state index >= 15 is 0 Å². The zero-order chi connectivity index (χ0) is 25.4. The number of hydrogen-bond acceptors (Lipinski definition) is 5. The van der Waals surface area contributed by atoms with E-state index in [0.717, 1.165) is 34.1 Å². The molecule has 8 nitrogen and oxygen atoms in total. The summed E-state index contributed by atoms with van der Waals surface area (Å²) in [5.74, 6) is 0.958. The molecule has 2 amide bonds. The molecule has 2 aliphatic rings. The van der Waals surface area contributed by atoms with Gasteiger partial charge < -0.3 is 29.4 Å². The molecule has 0 radical (unpaired) electrons. The molecule has 0 aliphatic carbocycles. The van der Waals surface area contributed by atoms with E-state index in [1.54, 1.807) is 16.9 Å². The Morgan fingerprint density at radius 1 is 1.17 bits per heavy atom. The Morgan fingerprint density at radius 3 is 2.72 bits per heavy atom. The SMILES string of the molecule is CCCOc1ccc([C@@H]2CN3C(=O)CN(CCCO)C(=O)[C@]3(C)c3[nH]c4ccccc4c32)cc1OC. The Kier molecular flexibility index (Phi) is 6.38. The molecule has 8 heteroatoms. The predicted molar refractivity (Wildman–Crippen MR) is 136 cm³/mol. The number of fused-ring (bicyclic) bond motifs is 5. The lowest BCUT2D eigenvalue weighted by Crippen LogP contribution is -2.67. The van der Waals surface area contributed by atoms with Crippen molar-refractivity contribution in [3.63, 3.8) is 0 Å². The number of para-hydroxylation sites is 1. The van der Waals surface area contributed by atoms with Gasteiger partial charge in [-0.2, -0.15) is 0 Å². The maximum absolute atomic E-state index is 13.9. The molecule has 1 fully saturated rings. The van der Waals surface area contributed by atoms with Crippen LogP contribution in [0, 0.1) is 0 Å². The molecular weight excluding hydrogens is 458 g/mol. The third-order valence-corrected chi connectivity index (χ3v) is 7.46. The summed E-state index contributed by atoms with van der Waals surface area (Å²) in [6.45, 7) is 5.20. The molecule has 3 aromatic rings. The van der Waals surface area contributed by atoms with Crippen LogP contribution in [-0.4, -0.2) is 71.7 Å². The number of nitrogens with one attached hydrogen (secondary N) is 1. The third-order valence-electron chi connectivity index (χ3n) is 7.46. The number of carbonyl (C=O) groups is 2. The maximum atomic E-state index is 13.9. The molecule has 36 heavy (non-hydrogen) atoms. The van der Waals surface area contributed by atoms with Crippen molar-refractivity contribution >= 4 is 22.7 Å². The van der Waals surface area contributed by atoms with Gasteiger partial charge in [-0.15, -0.1) is 0 Å². The van der Waals surface area contributed by atoms with Gasteiger partial charge in [0.1, 0.15) is 0 Å². The van der Waals surface area contributed by atoms with E-state index in [-0.39, 0.29) is 30.9 Å². The first-order chi connectivity index (χ1) is 17.4. The second-order valence-corrected chi connectivity index (χ2v) is 9.65. The van der Waals surface area contributed by atoms with E-state index in [0.29, 0.717) is 37.6 Å². The first-order valence-corrected chi connectivity index (χ1v) is 12.6. The van der Waals surface area contributed by atoms with Gasteiger partial charge in [-0.05, 0) is 49.1 Å². The van der Waals surface area contributed by atoms with Crippen molar-refractivity contribution in [2.24, 2.45) is 0 Å². The van der Waals surface area contributed by atoms with Crippen LogP contribution in [0.25, 0.3) is 10.9 Å². The Balaban J connectivity index is 1.66. The van der Waals surface area contributed by atoms with Crippen molar-refractivity contribution < 1.29 is 24.2 Å². The number of aliphatic hydroxyl groups excluding tert-OH is 1. The topological polar surface area (TPSA) is 95.1 Å². The minimum atomic E-state index is -1.15. The number of amides is 2. The average molecular weight is 492 g/mol. The third kappa shape index (κ3) is 3.71. The number of aliphatic hydroxyl groups is 1. The lowest BCUT2D eigenvalue weighted by molar-refractivity contribution is -0.166. The molecule has 0 bridgehead atoms. The van der Waals surface area contributed by atoms with Crippen molar-refractivity contribution in [3.8, 4) is 11.5 Å². The molecule has 5 rings (SSSR count). The van der Waals surface area contributed by atoms with Crippen LogP contribution in [-0.2, 0) is 15.1 Å². The lowest BCUT2D eigenvalue weighted by Gasteiger charge is -2.51. The van der Waals surface area contributed by atoms with Crippen molar-refractivity contribution in [1.29, 1.82) is 0 Å². The van der Waals surface area contributed by atoms with Crippen LogP contribution in [0.2, 0.25) is 0 Å². The van der Waals surface area contributed by atoms with Crippen LogP contribution in [0.3, 0.4) is 0 Å². The molecule has 2 atom stereocenters. The first-order valence-electron chi connectivity index (χ1n) is 12.6. The van der Waals surface area contributed by atoms with E-state index in [2.05, 4.69) is 18.0 Å². The molecule has 1 aromatic heterocycles. The highest BCUT2D eigenvalue weighted by Crippen LogP contribution is 2.48. The zero-order valence-electron chi connectivity index (χ0n) is 21.0. The highest BCUT2D eigenvalue weighted by atomic mass is 16.5. The number of methoxy groups -OCH3 is 1. The van der Waals surface area contributed by atoms with Gasteiger partial charge in [-0.3, -0.25) is 9.59 Å². The van der Waals surface area contributed by atoms with E-state index in [9.17, 15) is 14.7 Å². The van der Waals surface area contributed by atoms with Crippen molar-refractivity contribution in [2.75, 3.05) is 40.0 Å². The second-order valence-electron chi connectivity index (χ2n) is 9.65. The van der Waals surface area contributed by atoms with Gasteiger partial charge in [0, 0.05) is 36.5 Å². The number of piperazine rings is 1.